The molecule has 1 amide bonds. The smallest absolute Gasteiger partial charge is 0.407 e. The first-order valence-electron chi connectivity index (χ1n) is 9.41. The quantitative estimate of drug-likeness (QED) is 0.768. The molecule has 0 saturated heterocycles. The first kappa shape index (κ1) is 21.4. The van der Waals surface area contributed by atoms with Crippen molar-refractivity contribution in [1.29, 1.82) is 0 Å². The van der Waals surface area contributed by atoms with Crippen LogP contribution in [0.4, 0.5) is 4.79 Å². The van der Waals surface area contributed by atoms with Gasteiger partial charge in [-0.1, -0.05) is 43.5 Å². The Morgan fingerprint density at radius 2 is 1.93 bits per heavy atom. The van der Waals surface area contributed by atoms with E-state index in [9.17, 15) is 13.2 Å². The van der Waals surface area contributed by atoms with Gasteiger partial charge in [-0.15, -0.1) is 0 Å². The molecule has 7 heteroatoms. The minimum Gasteiger partial charge on any atom is -0.444 e. The van der Waals surface area contributed by atoms with Gasteiger partial charge in [-0.3, -0.25) is 0 Å². The summed E-state index contributed by atoms with van der Waals surface area (Å²) in [5.74, 6) is 0. The van der Waals surface area contributed by atoms with E-state index in [0.717, 1.165) is 31.2 Å². The van der Waals surface area contributed by atoms with Crippen LogP contribution in [0.2, 0.25) is 0 Å². The summed E-state index contributed by atoms with van der Waals surface area (Å²) in [5.41, 5.74) is 0.217. The highest BCUT2D eigenvalue weighted by molar-refractivity contribution is 7.89. The van der Waals surface area contributed by atoms with Crippen LogP contribution in [-0.2, 0) is 14.8 Å². The zero-order valence-electron chi connectivity index (χ0n) is 16.3. The minimum atomic E-state index is -3.52. The molecule has 0 bridgehead atoms. The second-order valence-electron chi connectivity index (χ2n) is 7.81. The minimum absolute atomic E-state index is 0.0287. The zero-order valence-corrected chi connectivity index (χ0v) is 17.1. The number of amides is 1. The number of nitrogens with one attached hydrogen (secondary N) is 2. The fraction of sp³-hybridized carbons (Fsp3) is 0.550. The van der Waals surface area contributed by atoms with Crippen LogP contribution >= 0.6 is 0 Å². The van der Waals surface area contributed by atoms with E-state index in [1.165, 1.54) is 6.42 Å². The Morgan fingerprint density at radius 1 is 1.22 bits per heavy atom. The van der Waals surface area contributed by atoms with Crippen molar-refractivity contribution in [3.05, 3.63) is 35.9 Å². The second kappa shape index (κ2) is 9.37. The van der Waals surface area contributed by atoms with Gasteiger partial charge in [-0.25, -0.2) is 17.9 Å². The van der Waals surface area contributed by atoms with E-state index < -0.39 is 21.7 Å². The van der Waals surface area contributed by atoms with Crippen molar-refractivity contribution in [3.63, 3.8) is 0 Å². The molecule has 1 fully saturated rings. The summed E-state index contributed by atoms with van der Waals surface area (Å²) in [6.07, 6.45) is 8.16. The summed E-state index contributed by atoms with van der Waals surface area (Å²) >= 11 is 0. The lowest BCUT2D eigenvalue weighted by molar-refractivity contribution is 0.0534. The molecule has 2 rings (SSSR count). The van der Waals surface area contributed by atoms with Gasteiger partial charge in [-0.2, -0.15) is 0 Å². The second-order valence-corrected chi connectivity index (χ2v) is 9.53. The lowest BCUT2D eigenvalue weighted by Gasteiger charge is -2.22. The normalized spacial score (nSPS) is 16.4. The maximum atomic E-state index is 12.6. The molecular formula is C20H30N2O4S. The zero-order chi connectivity index (χ0) is 19.9. The Morgan fingerprint density at radius 3 is 2.59 bits per heavy atom. The van der Waals surface area contributed by atoms with Crippen LogP contribution in [0.5, 0.6) is 0 Å². The fourth-order valence-electron chi connectivity index (χ4n) is 2.94. The Kier molecular flexibility index (Phi) is 7.44. The molecule has 0 heterocycles. The van der Waals surface area contributed by atoms with Gasteiger partial charge in [0.15, 0.2) is 0 Å². The number of ether oxygens (including phenoxy) is 1. The van der Waals surface area contributed by atoms with Crippen molar-refractivity contribution < 1.29 is 17.9 Å². The largest absolute Gasteiger partial charge is 0.444 e. The van der Waals surface area contributed by atoms with Crippen LogP contribution in [0, 0.1) is 0 Å². The Labute approximate surface area is 162 Å². The van der Waals surface area contributed by atoms with Gasteiger partial charge in [0.2, 0.25) is 10.0 Å². The van der Waals surface area contributed by atoms with E-state index in [1.807, 2.05) is 6.07 Å². The topological polar surface area (TPSA) is 84.5 Å². The van der Waals surface area contributed by atoms with Crippen LogP contribution in [0.25, 0.3) is 6.08 Å². The van der Waals surface area contributed by atoms with E-state index in [-0.39, 0.29) is 10.9 Å². The number of benzene rings is 1. The van der Waals surface area contributed by atoms with Crippen LogP contribution < -0.4 is 10.0 Å². The van der Waals surface area contributed by atoms with Gasteiger partial charge < -0.3 is 10.1 Å². The third-order valence-electron chi connectivity index (χ3n) is 4.17. The Hall–Kier alpha value is -1.86. The summed E-state index contributed by atoms with van der Waals surface area (Å²) in [6, 6.07) is 6.80. The van der Waals surface area contributed by atoms with Crippen LogP contribution in [0.1, 0.15) is 58.4 Å². The number of carbonyl (C=O) groups is 1. The number of hydrogen-bond acceptors (Lipinski definition) is 4. The predicted octanol–water partition coefficient (Wildman–Crippen LogP) is 3.84. The fourth-order valence-corrected chi connectivity index (χ4v) is 4.30. The number of sulfonamides is 1. The Bertz CT molecular complexity index is 760. The highest BCUT2D eigenvalue weighted by Crippen LogP contribution is 2.20. The van der Waals surface area contributed by atoms with Gasteiger partial charge in [0, 0.05) is 12.6 Å². The van der Waals surface area contributed by atoms with Crippen molar-refractivity contribution in [3.8, 4) is 0 Å². The van der Waals surface area contributed by atoms with E-state index in [2.05, 4.69) is 10.0 Å². The molecule has 1 aliphatic carbocycles. The molecule has 0 radical (unpaired) electrons. The van der Waals surface area contributed by atoms with Crippen molar-refractivity contribution in [2.45, 2.75) is 69.4 Å². The van der Waals surface area contributed by atoms with E-state index >= 15 is 0 Å². The molecule has 0 unspecified atom stereocenters. The summed E-state index contributed by atoms with van der Waals surface area (Å²) in [6.45, 7) is 5.70. The number of rotatable bonds is 6. The molecule has 0 aliphatic heterocycles. The van der Waals surface area contributed by atoms with E-state index in [1.54, 1.807) is 51.1 Å². The first-order chi connectivity index (χ1) is 12.7. The monoisotopic (exact) mass is 394 g/mol. The SMILES string of the molecule is CC(C)(C)OC(=O)NC/C=C/c1cccc(S(=O)(=O)NC2CCCCC2)c1. The van der Waals surface area contributed by atoms with Gasteiger partial charge >= 0.3 is 6.09 Å². The molecule has 2 N–H and O–H groups in total. The molecule has 1 saturated carbocycles. The molecular weight excluding hydrogens is 364 g/mol. The average Bonchev–Trinajstić information content (AvgIpc) is 2.58. The molecule has 6 nitrogen and oxygen atoms in total. The Balaban J connectivity index is 1.93. The van der Waals surface area contributed by atoms with Crippen LogP contribution in [0.3, 0.4) is 0 Å². The summed E-state index contributed by atoms with van der Waals surface area (Å²) < 4.78 is 33.2. The highest BCUT2D eigenvalue weighted by atomic mass is 32.2. The summed E-state index contributed by atoms with van der Waals surface area (Å²) in [4.78, 5) is 11.8. The van der Waals surface area contributed by atoms with Gasteiger partial charge in [0.25, 0.3) is 0 Å². The lowest BCUT2D eigenvalue weighted by Crippen LogP contribution is -2.36. The molecule has 1 aliphatic rings. The first-order valence-corrected chi connectivity index (χ1v) is 10.9. The van der Waals surface area contributed by atoms with Crippen molar-refractivity contribution in [2.24, 2.45) is 0 Å². The van der Waals surface area contributed by atoms with Crippen LogP contribution in [-0.4, -0.2) is 32.7 Å². The molecule has 150 valence electrons. The van der Waals surface area contributed by atoms with Gasteiger partial charge in [0.1, 0.15) is 5.60 Å². The third-order valence-corrected chi connectivity index (χ3v) is 5.69. The maximum Gasteiger partial charge on any atom is 0.407 e. The molecule has 0 aromatic heterocycles. The standard InChI is InChI=1S/C20H30N2O4S/c1-20(2,3)26-19(23)21-14-8-10-16-9-7-13-18(15-16)27(24,25)22-17-11-5-4-6-12-17/h7-10,13,15,17,22H,4-6,11-12,14H2,1-3H3,(H,21,23)/b10-8+. The van der Waals surface area contributed by atoms with E-state index in [0.29, 0.717) is 6.54 Å². The molecule has 27 heavy (non-hydrogen) atoms. The van der Waals surface area contributed by atoms with Crippen molar-refractivity contribution in [2.75, 3.05) is 6.54 Å². The number of alkyl carbamates (subject to hydrolysis) is 1. The summed E-state index contributed by atoms with van der Waals surface area (Å²) in [7, 11) is -3.52. The van der Waals surface area contributed by atoms with Crippen molar-refractivity contribution in [1.82, 2.24) is 10.0 Å². The van der Waals surface area contributed by atoms with E-state index in [4.69, 9.17) is 4.74 Å². The highest BCUT2D eigenvalue weighted by Gasteiger charge is 2.21. The molecule has 1 aromatic rings. The summed E-state index contributed by atoms with van der Waals surface area (Å²) in [5, 5.41) is 2.63. The number of carbonyl (C=O) groups excluding carboxylic acids is 1. The van der Waals surface area contributed by atoms with Gasteiger partial charge in [-0.05, 0) is 51.3 Å². The lowest BCUT2D eigenvalue weighted by atomic mass is 9.96. The van der Waals surface area contributed by atoms with Gasteiger partial charge in [0.05, 0.1) is 4.90 Å². The molecule has 0 spiro atoms. The molecule has 1 aromatic carbocycles. The number of hydrogen-bond donors (Lipinski definition) is 2. The molecule has 0 atom stereocenters. The van der Waals surface area contributed by atoms with Crippen LogP contribution in [0.15, 0.2) is 35.2 Å². The maximum absolute atomic E-state index is 12.6. The van der Waals surface area contributed by atoms with Crippen molar-refractivity contribution >= 4 is 22.2 Å². The average molecular weight is 395 g/mol. The third kappa shape index (κ3) is 7.72. The predicted molar refractivity (Wildman–Crippen MR) is 107 cm³/mol.